The van der Waals surface area contributed by atoms with Crippen molar-refractivity contribution in [3.63, 3.8) is 0 Å². The van der Waals surface area contributed by atoms with Crippen LogP contribution in [-0.4, -0.2) is 33.0 Å². The Labute approximate surface area is 227 Å². The minimum Gasteiger partial charge on any atom is -0.380 e. The van der Waals surface area contributed by atoms with Gasteiger partial charge in [0.15, 0.2) is 0 Å². The predicted molar refractivity (Wildman–Crippen MR) is 158 cm³/mol. The molecule has 0 saturated carbocycles. The molecule has 1 aliphatic rings. The van der Waals surface area contributed by atoms with E-state index in [1.54, 1.807) is 12.1 Å². The van der Waals surface area contributed by atoms with E-state index in [1.165, 1.54) is 23.4 Å². The number of primary sulfonamides is 1. The number of amides is 1. The average Bonchev–Trinajstić information content (AvgIpc) is 2.89. The van der Waals surface area contributed by atoms with Gasteiger partial charge in [0, 0.05) is 41.3 Å². The van der Waals surface area contributed by atoms with Gasteiger partial charge in [0.1, 0.15) is 0 Å². The number of carbonyl (C=O) groups is 1. The summed E-state index contributed by atoms with van der Waals surface area (Å²) in [5, 5.41) is 11.5. The topological polar surface area (TPSA) is 105 Å². The first-order chi connectivity index (χ1) is 18.0. The van der Waals surface area contributed by atoms with E-state index in [9.17, 15) is 13.2 Å². The maximum Gasteiger partial charge on any atom is 0.255 e. The van der Waals surface area contributed by atoms with Crippen LogP contribution in [0.1, 0.15) is 62.5 Å². The van der Waals surface area contributed by atoms with Crippen molar-refractivity contribution < 1.29 is 13.2 Å². The number of carbonyl (C=O) groups excluding carboxylic acids is 1. The molecule has 7 nitrogen and oxygen atoms in total. The molecule has 0 bridgehead atoms. The minimum absolute atomic E-state index is 0.0618. The number of nitrogens with two attached hydrogens (primary N) is 1. The van der Waals surface area contributed by atoms with Gasteiger partial charge in [-0.15, -0.1) is 0 Å². The van der Waals surface area contributed by atoms with Crippen LogP contribution in [0.4, 0.5) is 17.1 Å². The largest absolute Gasteiger partial charge is 0.380 e. The van der Waals surface area contributed by atoms with Gasteiger partial charge in [-0.2, -0.15) is 0 Å². The van der Waals surface area contributed by atoms with Gasteiger partial charge >= 0.3 is 0 Å². The number of sulfonamides is 1. The van der Waals surface area contributed by atoms with E-state index < -0.39 is 10.0 Å². The lowest BCUT2D eigenvalue weighted by molar-refractivity contribution is 0.102. The number of nitrogens with zero attached hydrogens (tertiary/aromatic N) is 1. The van der Waals surface area contributed by atoms with Crippen LogP contribution < -0.4 is 20.7 Å². The van der Waals surface area contributed by atoms with E-state index in [4.69, 9.17) is 5.14 Å². The molecule has 4 N–H and O–H groups in total. The standard InChI is InChI=1S/C22H29N3O.C8H11NO2S/c1-5-25(6-2)19-10-8-18(9-11-19)23-21(26)17-7-12-20-16(15-17)13-14-22(3,4)24-20;1-2-7-3-5-8(6-4-7)12(9,10)11/h7-12,15,24H,5-6,13-14H2,1-4H3,(H,23,26);3-6H,2H2,1H3,(H2,9,10,11). The summed E-state index contributed by atoms with van der Waals surface area (Å²) in [6.45, 7) is 12.7. The molecule has 0 aromatic heterocycles. The maximum atomic E-state index is 12.6. The molecule has 0 radical (unpaired) electrons. The number of nitrogens with one attached hydrogen (secondary N) is 2. The molecule has 0 aliphatic carbocycles. The van der Waals surface area contributed by atoms with Gasteiger partial charge in [-0.3, -0.25) is 4.79 Å². The lowest BCUT2D eigenvalue weighted by Gasteiger charge is -2.34. The van der Waals surface area contributed by atoms with Gasteiger partial charge in [-0.05, 0) is 113 Å². The van der Waals surface area contributed by atoms with Crippen molar-refractivity contribution in [2.75, 3.05) is 28.6 Å². The molecule has 1 amide bonds. The average molecular weight is 537 g/mol. The highest BCUT2D eigenvalue weighted by atomic mass is 32.2. The van der Waals surface area contributed by atoms with Gasteiger partial charge < -0.3 is 15.5 Å². The number of fused-ring (bicyclic) bond motifs is 1. The molecule has 3 aromatic rings. The van der Waals surface area contributed by atoms with E-state index in [0.29, 0.717) is 5.56 Å². The summed E-state index contributed by atoms with van der Waals surface area (Å²) < 4.78 is 21.6. The fraction of sp³-hybridized carbons (Fsp3) is 0.367. The third-order valence-electron chi connectivity index (χ3n) is 6.77. The zero-order valence-corrected chi connectivity index (χ0v) is 23.9. The Morgan fingerprint density at radius 3 is 2.16 bits per heavy atom. The van der Waals surface area contributed by atoms with Crippen LogP contribution >= 0.6 is 0 Å². The van der Waals surface area contributed by atoms with Crippen molar-refractivity contribution in [2.24, 2.45) is 5.14 Å². The Morgan fingerprint density at radius 1 is 0.974 bits per heavy atom. The quantitative estimate of drug-likeness (QED) is 0.353. The first-order valence-electron chi connectivity index (χ1n) is 13.1. The number of rotatable bonds is 7. The van der Waals surface area contributed by atoms with Crippen molar-refractivity contribution in [2.45, 2.75) is 64.3 Å². The van der Waals surface area contributed by atoms with E-state index >= 15 is 0 Å². The van der Waals surface area contributed by atoms with Gasteiger partial charge in [-0.25, -0.2) is 13.6 Å². The molecule has 3 aromatic carbocycles. The summed E-state index contributed by atoms with van der Waals surface area (Å²) in [6.07, 6.45) is 2.96. The minimum atomic E-state index is -3.53. The Kier molecular flexibility index (Phi) is 9.57. The Hall–Kier alpha value is -3.36. The SMILES string of the molecule is CCN(CC)c1ccc(NC(=O)c2ccc3c(c2)CCC(C)(C)N3)cc1.CCc1ccc(S(N)(=O)=O)cc1. The molecule has 0 fully saturated rings. The molecule has 0 unspecified atom stereocenters. The summed E-state index contributed by atoms with van der Waals surface area (Å²) in [6, 6.07) is 20.5. The summed E-state index contributed by atoms with van der Waals surface area (Å²) in [5.41, 5.74) is 6.28. The van der Waals surface area contributed by atoms with Crippen molar-refractivity contribution in [1.29, 1.82) is 0 Å². The van der Waals surface area contributed by atoms with Crippen LogP contribution in [0.2, 0.25) is 0 Å². The van der Waals surface area contributed by atoms with E-state index in [2.05, 4.69) is 55.4 Å². The molecule has 8 heteroatoms. The van der Waals surface area contributed by atoms with Crippen molar-refractivity contribution >= 4 is 33.0 Å². The second-order valence-electron chi connectivity index (χ2n) is 10.1. The molecule has 0 atom stereocenters. The van der Waals surface area contributed by atoms with Crippen LogP contribution in [0.25, 0.3) is 0 Å². The van der Waals surface area contributed by atoms with Crippen LogP contribution in [-0.2, 0) is 22.9 Å². The summed E-state index contributed by atoms with van der Waals surface area (Å²) >= 11 is 0. The lowest BCUT2D eigenvalue weighted by Crippen LogP contribution is -2.35. The number of anilines is 3. The molecule has 1 aliphatic heterocycles. The van der Waals surface area contributed by atoms with Gasteiger partial charge in [0.2, 0.25) is 10.0 Å². The zero-order chi connectivity index (χ0) is 27.9. The number of hydrogen-bond donors (Lipinski definition) is 3. The van der Waals surface area contributed by atoms with Gasteiger partial charge in [0.05, 0.1) is 4.90 Å². The second kappa shape index (κ2) is 12.5. The smallest absolute Gasteiger partial charge is 0.255 e. The molecule has 204 valence electrons. The fourth-order valence-corrected chi connectivity index (χ4v) is 4.92. The predicted octanol–water partition coefficient (Wildman–Crippen LogP) is 5.82. The molecule has 0 spiro atoms. The lowest BCUT2D eigenvalue weighted by atomic mass is 9.88. The maximum absolute atomic E-state index is 12.6. The molecule has 0 saturated heterocycles. The zero-order valence-electron chi connectivity index (χ0n) is 23.0. The van der Waals surface area contributed by atoms with Crippen molar-refractivity contribution in [3.8, 4) is 0 Å². The molecular weight excluding hydrogens is 496 g/mol. The summed E-state index contributed by atoms with van der Waals surface area (Å²) in [7, 11) is -3.53. The third-order valence-corrected chi connectivity index (χ3v) is 7.70. The van der Waals surface area contributed by atoms with Gasteiger partial charge in [-0.1, -0.05) is 19.1 Å². The van der Waals surface area contributed by atoms with Crippen LogP contribution in [0, 0.1) is 0 Å². The Morgan fingerprint density at radius 2 is 1.61 bits per heavy atom. The summed E-state index contributed by atoms with van der Waals surface area (Å²) in [5.74, 6) is -0.0618. The normalized spacial score (nSPS) is 13.8. The van der Waals surface area contributed by atoms with Gasteiger partial charge in [0.25, 0.3) is 5.91 Å². The van der Waals surface area contributed by atoms with Crippen LogP contribution in [0.3, 0.4) is 0 Å². The second-order valence-corrected chi connectivity index (χ2v) is 11.7. The highest BCUT2D eigenvalue weighted by Gasteiger charge is 2.24. The van der Waals surface area contributed by atoms with Crippen LogP contribution in [0.15, 0.2) is 71.6 Å². The third kappa shape index (κ3) is 7.82. The monoisotopic (exact) mass is 536 g/mol. The Balaban J connectivity index is 0.000000279. The van der Waals surface area contributed by atoms with E-state index in [0.717, 1.165) is 49.3 Å². The Bertz CT molecular complexity index is 1330. The summed E-state index contributed by atoms with van der Waals surface area (Å²) in [4.78, 5) is 15.1. The number of benzene rings is 3. The fourth-order valence-electron chi connectivity index (χ4n) is 4.40. The first kappa shape index (κ1) is 29.2. The van der Waals surface area contributed by atoms with E-state index in [1.807, 2.05) is 37.3 Å². The molecule has 1 heterocycles. The molecule has 4 rings (SSSR count). The van der Waals surface area contributed by atoms with Crippen LogP contribution in [0.5, 0.6) is 0 Å². The van der Waals surface area contributed by atoms with Crippen molar-refractivity contribution in [1.82, 2.24) is 0 Å². The highest BCUT2D eigenvalue weighted by Crippen LogP contribution is 2.31. The number of hydrogen-bond acceptors (Lipinski definition) is 5. The molecular formula is C30H40N4O3S. The number of aryl methyl sites for hydroxylation is 2. The first-order valence-corrected chi connectivity index (χ1v) is 14.7. The highest BCUT2D eigenvalue weighted by molar-refractivity contribution is 7.89. The molecule has 38 heavy (non-hydrogen) atoms. The van der Waals surface area contributed by atoms with Crippen molar-refractivity contribution in [3.05, 3.63) is 83.4 Å². The van der Waals surface area contributed by atoms with E-state index in [-0.39, 0.29) is 16.3 Å².